The molecule has 0 saturated carbocycles. The van der Waals surface area contributed by atoms with Gasteiger partial charge in [-0.1, -0.05) is 0 Å². The van der Waals surface area contributed by atoms with Crippen molar-refractivity contribution < 1.29 is 9.50 Å². The van der Waals surface area contributed by atoms with Crippen LogP contribution in [0.25, 0.3) is 0 Å². The summed E-state index contributed by atoms with van der Waals surface area (Å²) in [6.45, 7) is 1.68. The number of rotatable bonds is 1. The standard InChI is InChI=1S/C8H9BrFNO.ClH/c1-4(11)6-2-5(10)3-7(9)8(6)12;/h2-4,12H,11H2,1H3;1H/t4-;/m1./s1. The smallest absolute Gasteiger partial charge is 0.134 e. The molecule has 1 aromatic carbocycles. The highest BCUT2D eigenvalue weighted by molar-refractivity contribution is 9.10. The molecule has 0 saturated heterocycles. The van der Waals surface area contributed by atoms with Gasteiger partial charge in [0, 0.05) is 11.6 Å². The van der Waals surface area contributed by atoms with Crippen LogP contribution < -0.4 is 5.73 Å². The SMILES string of the molecule is C[C@@H](N)c1cc(F)cc(Br)c1O.Cl. The summed E-state index contributed by atoms with van der Waals surface area (Å²) in [5.41, 5.74) is 5.91. The second-order valence-corrected chi connectivity index (χ2v) is 3.47. The van der Waals surface area contributed by atoms with E-state index in [1.165, 1.54) is 12.1 Å². The Hall–Kier alpha value is -0.320. The number of benzene rings is 1. The van der Waals surface area contributed by atoms with Gasteiger partial charge in [-0.25, -0.2) is 4.39 Å². The molecular formula is C8H10BrClFNO. The Kier molecular flexibility index (Phi) is 4.67. The van der Waals surface area contributed by atoms with Crippen LogP contribution in [-0.2, 0) is 0 Å². The molecule has 0 aliphatic carbocycles. The molecule has 3 N–H and O–H groups in total. The zero-order valence-electron chi connectivity index (χ0n) is 6.92. The second kappa shape index (κ2) is 4.79. The Morgan fingerprint density at radius 3 is 2.54 bits per heavy atom. The van der Waals surface area contributed by atoms with Crippen molar-refractivity contribution in [3.8, 4) is 5.75 Å². The van der Waals surface area contributed by atoms with Gasteiger partial charge in [0.2, 0.25) is 0 Å². The van der Waals surface area contributed by atoms with Crippen LogP contribution >= 0.6 is 28.3 Å². The van der Waals surface area contributed by atoms with Gasteiger partial charge in [-0.15, -0.1) is 12.4 Å². The van der Waals surface area contributed by atoms with E-state index in [4.69, 9.17) is 5.73 Å². The molecule has 13 heavy (non-hydrogen) atoms. The van der Waals surface area contributed by atoms with Gasteiger partial charge in [-0.2, -0.15) is 0 Å². The predicted molar refractivity (Wildman–Crippen MR) is 55.6 cm³/mol. The number of phenols is 1. The third-order valence-electron chi connectivity index (χ3n) is 1.55. The van der Waals surface area contributed by atoms with Crippen molar-refractivity contribution in [2.24, 2.45) is 5.73 Å². The minimum Gasteiger partial charge on any atom is -0.506 e. The normalized spacial score (nSPS) is 12.0. The molecule has 0 spiro atoms. The third kappa shape index (κ3) is 2.83. The maximum atomic E-state index is 12.8. The van der Waals surface area contributed by atoms with E-state index in [0.717, 1.165) is 0 Å². The highest BCUT2D eigenvalue weighted by atomic mass is 79.9. The molecule has 0 aromatic heterocycles. The van der Waals surface area contributed by atoms with E-state index in [2.05, 4.69) is 15.9 Å². The van der Waals surface area contributed by atoms with E-state index in [-0.39, 0.29) is 24.2 Å². The highest BCUT2D eigenvalue weighted by Gasteiger charge is 2.10. The van der Waals surface area contributed by atoms with E-state index in [1.54, 1.807) is 6.92 Å². The van der Waals surface area contributed by atoms with Crippen molar-refractivity contribution >= 4 is 28.3 Å². The van der Waals surface area contributed by atoms with E-state index < -0.39 is 5.82 Å². The lowest BCUT2D eigenvalue weighted by Crippen LogP contribution is -2.05. The van der Waals surface area contributed by atoms with Crippen LogP contribution in [0.1, 0.15) is 18.5 Å². The third-order valence-corrected chi connectivity index (χ3v) is 2.15. The summed E-state index contributed by atoms with van der Waals surface area (Å²) in [6.07, 6.45) is 0. The molecule has 0 aliphatic heterocycles. The summed E-state index contributed by atoms with van der Waals surface area (Å²) in [5, 5.41) is 9.40. The fourth-order valence-electron chi connectivity index (χ4n) is 0.933. The van der Waals surface area contributed by atoms with Gasteiger partial charge >= 0.3 is 0 Å². The summed E-state index contributed by atoms with van der Waals surface area (Å²) in [6, 6.07) is 2.04. The van der Waals surface area contributed by atoms with Gasteiger partial charge < -0.3 is 10.8 Å². The maximum Gasteiger partial charge on any atom is 0.134 e. The summed E-state index contributed by atoms with van der Waals surface area (Å²) in [4.78, 5) is 0. The van der Waals surface area contributed by atoms with Gasteiger partial charge in [-0.3, -0.25) is 0 Å². The minimum absolute atomic E-state index is 0. The lowest BCUT2D eigenvalue weighted by molar-refractivity contribution is 0.457. The maximum absolute atomic E-state index is 12.8. The highest BCUT2D eigenvalue weighted by Crippen LogP contribution is 2.31. The first kappa shape index (κ1) is 12.7. The Morgan fingerprint density at radius 1 is 1.54 bits per heavy atom. The topological polar surface area (TPSA) is 46.2 Å². The summed E-state index contributed by atoms with van der Waals surface area (Å²) < 4.78 is 13.1. The molecule has 0 bridgehead atoms. The molecule has 0 unspecified atom stereocenters. The number of phenolic OH excluding ortho intramolecular Hbond substituents is 1. The van der Waals surface area contributed by atoms with Crippen molar-refractivity contribution in [3.05, 3.63) is 28.0 Å². The fraction of sp³-hybridized carbons (Fsp3) is 0.250. The molecule has 0 aliphatic rings. The number of halogens is 3. The number of aromatic hydroxyl groups is 1. The molecule has 1 aromatic rings. The molecule has 2 nitrogen and oxygen atoms in total. The summed E-state index contributed by atoms with van der Waals surface area (Å²) in [5.74, 6) is -0.404. The number of hydrogen-bond acceptors (Lipinski definition) is 2. The van der Waals surface area contributed by atoms with E-state index >= 15 is 0 Å². The van der Waals surface area contributed by atoms with Crippen LogP contribution in [0.2, 0.25) is 0 Å². The van der Waals surface area contributed by atoms with Crippen molar-refractivity contribution in [1.82, 2.24) is 0 Å². The zero-order valence-corrected chi connectivity index (χ0v) is 9.32. The number of nitrogens with two attached hydrogens (primary N) is 1. The molecular weight excluding hydrogens is 260 g/mol. The van der Waals surface area contributed by atoms with E-state index in [1.807, 2.05) is 0 Å². The van der Waals surface area contributed by atoms with E-state index in [9.17, 15) is 9.50 Å². The van der Waals surface area contributed by atoms with Gasteiger partial charge in [0.1, 0.15) is 11.6 Å². The summed E-state index contributed by atoms with van der Waals surface area (Å²) in [7, 11) is 0. The largest absolute Gasteiger partial charge is 0.506 e. The zero-order chi connectivity index (χ0) is 9.30. The second-order valence-electron chi connectivity index (χ2n) is 2.61. The van der Waals surface area contributed by atoms with Crippen molar-refractivity contribution in [3.63, 3.8) is 0 Å². The quantitative estimate of drug-likeness (QED) is 0.824. The monoisotopic (exact) mass is 269 g/mol. The van der Waals surface area contributed by atoms with Crippen LogP contribution in [0.3, 0.4) is 0 Å². The van der Waals surface area contributed by atoms with Gasteiger partial charge in [0.25, 0.3) is 0 Å². The summed E-state index contributed by atoms with van der Waals surface area (Å²) >= 11 is 3.02. The van der Waals surface area contributed by atoms with Crippen molar-refractivity contribution in [2.45, 2.75) is 13.0 Å². The van der Waals surface area contributed by atoms with E-state index in [0.29, 0.717) is 10.0 Å². The van der Waals surface area contributed by atoms with Crippen molar-refractivity contribution in [2.75, 3.05) is 0 Å². The van der Waals surface area contributed by atoms with Crippen LogP contribution in [0, 0.1) is 5.82 Å². The first-order valence-electron chi connectivity index (χ1n) is 3.46. The average molecular weight is 271 g/mol. The van der Waals surface area contributed by atoms with Crippen LogP contribution in [0.5, 0.6) is 5.75 Å². The van der Waals surface area contributed by atoms with Gasteiger partial charge in [0.15, 0.2) is 0 Å². The Balaban J connectivity index is 0.00000144. The Bertz CT molecular complexity index is 306. The molecule has 1 atom stereocenters. The van der Waals surface area contributed by atoms with Crippen LogP contribution in [0.15, 0.2) is 16.6 Å². The molecule has 0 heterocycles. The van der Waals surface area contributed by atoms with Crippen LogP contribution in [-0.4, -0.2) is 5.11 Å². The molecule has 1 rings (SSSR count). The van der Waals surface area contributed by atoms with Crippen LogP contribution in [0.4, 0.5) is 4.39 Å². The fourth-order valence-corrected chi connectivity index (χ4v) is 1.38. The van der Waals surface area contributed by atoms with Gasteiger partial charge in [-0.05, 0) is 35.0 Å². The minimum atomic E-state index is -0.410. The van der Waals surface area contributed by atoms with Crippen molar-refractivity contribution in [1.29, 1.82) is 0 Å². The predicted octanol–water partition coefficient (Wildman–Crippen LogP) is 2.74. The molecule has 0 fully saturated rings. The molecule has 0 radical (unpaired) electrons. The first-order chi connectivity index (χ1) is 5.52. The lowest BCUT2D eigenvalue weighted by Gasteiger charge is -2.09. The molecule has 5 heteroatoms. The average Bonchev–Trinajstić information content (AvgIpc) is 1.96. The Labute approximate surface area is 90.5 Å². The molecule has 74 valence electrons. The number of hydrogen-bond donors (Lipinski definition) is 2. The Morgan fingerprint density at radius 2 is 2.08 bits per heavy atom. The van der Waals surface area contributed by atoms with Gasteiger partial charge in [0.05, 0.1) is 4.47 Å². The molecule has 0 amide bonds. The first-order valence-corrected chi connectivity index (χ1v) is 4.25. The lowest BCUT2D eigenvalue weighted by atomic mass is 10.1.